The van der Waals surface area contributed by atoms with Crippen molar-refractivity contribution in [2.75, 3.05) is 25.2 Å². The minimum Gasteiger partial charge on any atom is -0.477 e. The van der Waals surface area contributed by atoms with E-state index in [0.29, 0.717) is 6.61 Å². The molecule has 0 aliphatic carbocycles. The van der Waals surface area contributed by atoms with E-state index in [1.807, 2.05) is 6.07 Å². The largest absolute Gasteiger partial charge is 0.477 e. The van der Waals surface area contributed by atoms with Crippen LogP contribution in [0.5, 0.6) is 0 Å². The quantitative estimate of drug-likeness (QED) is 0.816. The average Bonchev–Trinajstić information content (AvgIpc) is 2.29. The highest BCUT2D eigenvalue weighted by Gasteiger charge is 2.13. The van der Waals surface area contributed by atoms with Crippen LogP contribution in [0.4, 0.5) is 5.69 Å². The van der Waals surface area contributed by atoms with E-state index in [1.54, 1.807) is 13.2 Å². The minimum atomic E-state index is -1.01. The van der Waals surface area contributed by atoms with Gasteiger partial charge in [0.15, 0.2) is 0 Å². The molecule has 5 nitrogen and oxygen atoms in total. The number of hydrogen-bond donors (Lipinski definition) is 1. The zero-order valence-corrected chi connectivity index (χ0v) is 10.4. The van der Waals surface area contributed by atoms with E-state index >= 15 is 0 Å². The third-order valence-corrected chi connectivity index (χ3v) is 2.45. The molecule has 1 N–H and O–H groups in total. The van der Waals surface area contributed by atoms with Gasteiger partial charge in [-0.2, -0.15) is 0 Å². The fourth-order valence-corrected chi connectivity index (χ4v) is 1.59. The Morgan fingerprint density at radius 2 is 2.29 bits per heavy atom. The maximum absolute atomic E-state index is 10.9. The van der Waals surface area contributed by atoms with E-state index in [-0.39, 0.29) is 11.7 Å². The van der Waals surface area contributed by atoms with Crippen molar-refractivity contribution in [2.24, 2.45) is 0 Å². The molecule has 5 heteroatoms. The van der Waals surface area contributed by atoms with E-state index in [4.69, 9.17) is 9.84 Å². The third-order valence-electron chi connectivity index (χ3n) is 2.45. The zero-order valence-electron chi connectivity index (χ0n) is 10.4. The minimum absolute atomic E-state index is 0.0607. The Kier molecular flexibility index (Phi) is 4.90. The van der Waals surface area contributed by atoms with Crippen LogP contribution in [0.1, 0.15) is 24.3 Å². The summed E-state index contributed by atoms with van der Waals surface area (Å²) in [5.41, 5.74) is 0.912. The Morgan fingerprint density at radius 1 is 1.59 bits per heavy atom. The number of hydrogen-bond acceptors (Lipinski definition) is 4. The van der Waals surface area contributed by atoms with Crippen molar-refractivity contribution in [3.63, 3.8) is 0 Å². The molecule has 0 unspecified atom stereocenters. The molecular formula is C12H18N2O3. The molecule has 0 bridgehead atoms. The van der Waals surface area contributed by atoms with Crippen molar-refractivity contribution >= 4 is 11.7 Å². The normalized spacial score (nSPS) is 10.6. The maximum atomic E-state index is 10.9. The van der Waals surface area contributed by atoms with Gasteiger partial charge < -0.3 is 14.7 Å². The van der Waals surface area contributed by atoms with Crippen molar-refractivity contribution in [2.45, 2.75) is 19.9 Å². The first-order valence-corrected chi connectivity index (χ1v) is 5.51. The molecule has 0 atom stereocenters. The lowest BCUT2D eigenvalue weighted by molar-refractivity contribution is 0.0690. The van der Waals surface area contributed by atoms with Gasteiger partial charge in [0.1, 0.15) is 5.69 Å². The van der Waals surface area contributed by atoms with Crippen LogP contribution in [0.2, 0.25) is 0 Å². The van der Waals surface area contributed by atoms with Crippen LogP contribution in [0.25, 0.3) is 0 Å². The van der Waals surface area contributed by atoms with Gasteiger partial charge in [0.25, 0.3) is 0 Å². The van der Waals surface area contributed by atoms with Gasteiger partial charge in [-0.05, 0) is 26.0 Å². The van der Waals surface area contributed by atoms with Gasteiger partial charge in [-0.1, -0.05) is 0 Å². The summed E-state index contributed by atoms with van der Waals surface area (Å²) >= 11 is 0. The molecule has 0 aliphatic heterocycles. The Morgan fingerprint density at radius 3 is 2.82 bits per heavy atom. The maximum Gasteiger partial charge on any atom is 0.354 e. The molecule has 1 heterocycles. The van der Waals surface area contributed by atoms with Crippen molar-refractivity contribution < 1.29 is 14.6 Å². The molecule has 0 aliphatic rings. The summed E-state index contributed by atoms with van der Waals surface area (Å²) in [6.45, 7) is 5.42. The second-order valence-electron chi connectivity index (χ2n) is 3.98. The lowest BCUT2D eigenvalue weighted by Crippen LogP contribution is -2.34. The van der Waals surface area contributed by atoms with E-state index in [1.165, 1.54) is 6.20 Å². The number of aromatic carboxylic acids is 1. The SMILES string of the molecule is COCCN(c1ccnc(C(=O)O)c1)C(C)C. The molecular weight excluding hydrogens is 220 g/mol. The molecule has 0 radical (unpaired) electrons. The van der Waals surface area contributed by atoms with Crippen LogP contribution in [-0.4, -0.2) is 42.4 Å². The molecule has 1 aromatic rings. The Balaban J connectivity index is 2.93. The van der Waals surface area contributed by atoms with Gasteiger partial charge in [-0.15, -0.1) is 0 Å². The monoisotopic (exact) mass is 238 g/mol. The molecule has 1 aromatic heterocycles. The predicted molar refractivity (Wildman–Crippen MR) is 65.6 cm³/mol. The lowest BCUT2D eigenvalue weighted by atomic mass is 10.2. The van der Waals surface area contributed by atoms with E-state index < -0.39 is 5.97 Å². The topological polar surface area (TPSA) is 62.7 Å². The van der Waals surface area contributed by atoms with Crippen molar-refractivity contribution in [3.05, 3.63) is 24.0 Å². The fraction of sp³-hybridized carbons (Fsp3) is 0.500. The molecule has 0 aromatic carbocycles. The third kappa shape index (κ3) is 3.71. The first-order chi connectivity index (χ1) is 8.06. The summed E-state index contributed by atoms with van der Waals surface area (Å²) in [6.07, 6.45) is 1.51. The molecule has 0 saturated heterocycles. The number of aromatic nitrogens is 1. The van der Waals surface area contributed by atoms with Crippen LogP contribution >= 0.6 is 0 Å². The lowest BCUT2D eigenvalue weighted by Gasteiger charge is -2.28. The summed E-state index contributed by atoms with van der Waals surface area (Å²) in [5, 5.41) is 8.90. The highest BCUT2D eigenvalue weighted by Crippen LogP contribution is 2.17. The smallest absolute Gasteiger partial charge is 0.354 e. The number of carboxylic acids is 1. The van der Waals surface area contributed by atoms with E-state index in [9.17, 15) is 4.79 Å². The standard InChI is InChI=1S/C12H18N2O3/c1-9(2)14(6-7-17-3)10-4-5-13-11(8-10)12(15)16/h4-5,8-9H,6-7H2,1-3H3,(H,15,16). The predicted octanol–water partition coefficient (Wildman–Crippen LogP) is 1.64. The number of methoxy groups -OCH3 is 1. The van der Waals surface area contributed by atoms with Gasteiger partial charge in [-0.25, -0.2) is 9.78 Å². The fourth-order valence-electron chi connectivity index (χ4n) is 1.59. The van der Waals surface area contributed by atoms with Gasteiger partial charge in [0.05, 0.1) is 6.61 Å². The van der Waals surface area contributed by atoms with Crippen molar-refractivity contribution in [3.8, 4) is 0 Å². The Labute approximate surface area is 101 Å². The summed E-state index contributed by atoms with van der Waals surface area (Å²) in [6, 6.07) is 3.66. The molecule has 0 amide bonds. The van der Waals surface area contributed by atoms with Crippen LogP contribution in [0.15, 0.2) is 18.3 Å². The molecule has 0 fully saturated rings. The first-order valence-electron chi connectivity index (χ1n) is 5.51. The van der Waals surface area contributed by atoms with Crippen LogP contribution < -0.4 is 4.90 Å². The van der Waals surface area contributed by atoms with E-state index in [2.05, 4.69) is 23.7 Å². The number of ether oxygens (including phenoxy) is 1. The number of rotatable bonds is 6. The van der Waals surface area contributed by atoms with Gasteiger partial charge in [0, 0.05) is 31.6 Å². The average molecular weight is 238 g/mol. The van der Waals surface area contributed by atoms with Crippen LogP contribution in [-0.2, 0) is 4.74 Å². The number of pyridine rings is 1. The summed E-state index contributed by atoms with van der Waals surface area (Å²) < 4.78 is 5.05. The molecule has 0 saturated carbocycles. The first kappa shape index (κ1) is 13.4. The van der Waals surface area contributed by atoms with Gasteiger partial charge in [0.2, 0.25) is 0 Å². The Bertz CT molecular complexity index is 380. The number of carbonyl (C=O) groups is 1. The molecule has 94 valence electrons. The second-order valence-corrected chi connectivity index (χ2v) is 3.98. The summed E-state index contributed by atoms with van der Waals surface area (Å²) in [7, 11) is 1.65. The van der Waals surface area contributed by atoms with Crippen LogP contribution in [0, 0.1) is 0 Å². The summed E-state index contributed by atoms with van der Waals surface area (Å²) in [4.78, 5) is 16.7. The number of carboxylic acid groups (broad SMARTS) is 1. The van der Waals surface area contributed by atoms with Crippen LogP contribution in [0.3, 0.4) is 0 Å². The Hall–Kier alpha value is -1.62. The van der Waals surface area contributed by atoms with Gasteiger partial charge >= 0.3 is 5.97 Å². The number of anilines is 1. The van der Waals surface area contributed by atoms with E-state index in [0.717, 1.165) is 12.2 Å². The summed E-state index contributed by atoms with van der Waals surface area (Å²) in [5.74, 6) is -1.01. The van der Waals surface area contributed by atoms with Crippen molar-refractivity contribution in [1.29, 1.82) is 0 Å². The van der Waals surface area contributed by atoms with Gasteiger partial charge in [-0.3, -0.25) is 0 Å². The number of nitrogens with zero attached hydrogens (tertiary/aromatic N) is 2. The zero-order chi connectivity index (χ0) is 12.8. The van der Waals surface area contributed by atoms with Crippen molar-refractivity contribution in [1.82, 2.24) is 4.98 Å². The molecule has 1 rings (SSSR count). The molecule has 0 spiro atoms. The highest BCUT2D eigenvalue weighted by molar-refractivity contribution is 5.86. The molecule has 17 heavy (non-hydrogen) atoms. The second kappa shape index (κ2) is 6.20. The highest BCUT2D eigenvalue weighted by atomic mass is 16.5.